The van der Waals surface area contributed by atoms with E-state index < -0.39 is 24.5 Å². The van der Waals surface area contributed by atoms with Crippen LogP contribution in [0.25, 0.3) is 11.1 Å². The molecule has 0 aromatic heterocycles. The largest absolute Gasteiger partial charge is 0.452 e. The maximum absolute atomic E-state index is 12.5. The third kappa shape index (κ3) is 6.68. The number of hydrogen-bond acceptors (Lipinski definition) is 7. The lowest BCUT2D eigenvalue weighted by Crippen LogP contribution is -2.36. The number of nitrogens with one attached hydrogen (secondary N) is 1. The first kappa shape index (κ1) is 24.0. The summed E-state index contributed by atoms with van der Waals surface area (Å²) in [5.74, 6) is -0.967. The molecule has 1 heterocycles. The Morgan fingerprint density at radius 2 is 1.63 bits per heavy atom. The number of hydrogen-bond donors (Lipinski definition) is 1. The van der Waals surface area contributed by atoms with E-state index in [1.54, 1.807) is 42.5 Å². The fourth-order valence-electron chi connectivity index (χ4n) is 3.70. The van der Waals surface area contributed by atoms with Crippen LogP contribution in [0, 0.1) is 0 Å². The number of esters is 2. The molecule has 8 heteroatoms. The zero-order valence-electron chi connectivity index (χ0n) is 19.4. The Kier molecular flexibility index (Phi) is 7.74. The number of carbonyl (C=O) groups is 3. The number of ether oxygens (including phenoxy) is 3. The minimum atomic E-state index is -0.596. The Morgan fingerprint density at radius 1 is 0.914 bits per heavy atom. The van der Waals surface area contributed by atoms with Crippen molar-refractivity contribution in [2.24, 2.45) is 0 Å². The van der Waals surface area contributed by atoms with Gasteiger partial charge in [0, 0.05) is 31.4 Å². The van der Waals surface area contributed by atoms with Gasteiger partial charge in [0.05, 0.1) is 18.8 Å². The molecule has 8 nitrogen and oxygen atoms in total. The summed E-state index contributed by atoms with van der Waals surface area (Å²) in [7, 11) is 0. The summed E-state index contributed by atoms with van der Waals surface area (Å²) in [6, 6.07) is 21.4. The Morgan fingerprint density at radius 3 is 2.31 bits per heavy atom. The molecule has 3 aromatic rings. The topological polar surface area (TPSA) is 94.2 Å². The van der Waals surface area contributed by atoms with Crippen molar-refractivity contribution in [3.63, 3.8) is 0 Å². The van der Waals surface area contributed by atoms with Gasteiger partial charge in [-0.15, -0.1) is 0 Å². The van der Waals surface area contributed by atoms with Gasteiger partial charge in [0.2, 0.25) is 0 Å². The third-order valence-electron chi connectivity index (χ3n) is 5.41. The van der Waals surface area contributed by atoms with Crippen molar-refractivity contribution >= 4 is 29.2 Å². The molecule has 3 aromatic carbocycles. The number of carbonyl (C=O) groups excluding carboxylic acids is 3. The molecule has 0 spiro atoms. The molecule has 180 valence electrons. The summed E-state index contributed by atoms with van der Waals surface area (Å²) in [5.41, 5.74) is 3.66. The Labute approximate surface area is 203 Å². The number of morpholine rings is 1. The molecule has 1 aliphatic heterocycles. The predicted octanol–water partition coefficient (Wildman–Crippen LogP) is 3.91. The van der Waals surface area contributed by atoms with E-state index in [1.807, 2.05) is 30.3 Å². The second-order valence-corrected chi connectivity index (χ2v) is 7.97. The monoisotopic (exact) mass is 474 g/mol. The number of nitrogens with zero attached hydrogens (tertiary/aromatic N) is 1. The SMILES string of the molecule is CC(=O)Oc1ccc(-c2cccc(C(=O)OCC(=O)Nc3ccc(N4CCOCC4)cc3)c2)cc1. The van der Waals surface area contributed by atoms with Crippen molar-refractivity contribution in [2.45, 2.75) is 6.92 Å². The van der Waals surface area contributed by atoms with Crippen molar-refractivity contribution < 1.29 is 28.6 Å². The van der Waals surface area contributed by atoms with Crippen LogP contribution in [0.2, 0.25) is 0 Å². The van der Waals surface area contributed by atoms with Crippen molar-refractivity contribution in [1.82, 2.24) is 0 Å². The zero-order chi connectivity index (χ0) is 24.6. The first-order valence-electron chi connectivity index (χ1n) is 11.3. The quantitative estimate of drug-likeness (QED) is 0.410. The first-order chi connectivity index (χ1) is 17.0. The van der Waals surface area contributed by atoms with Crippen LogP contribution < -0.4 is 15.0 Å². The summed E-state index contributed by atoms with van der Waals surface area (Å²) in [6.45, 7) is 4.02. The van der Waals surface area contributed by atoms with E-state index in [9.17, 15) is 14.4 Å². The van der Waals surface area contributed by atoms with Crippen LogP contribution in [0.5, 0.6) is 5.75 Å². The maximum Gasteiger partial charge on any atom is 0.338 e. The molecule has 35 heavy (non-hydrogen) atoms. The van der Waals surface area contributed by atoms with Crippen LogP contribution >= 0.6 is 0 Å². The fourth-order valence-corrected chi connectivity index (χ4v) is 3.70. The first-order valence-corrected chi connectivity index (χ1v) is 11.3. The average Bonchev–Trinajstić information content (AvgIpc) is 2.88. The molecular formula is C27H26N2O6. The lowest BCUT2D eigenvalue weighted by atomic mass is 10.0. The van der Waals surface area contributed by atoms with Gasteiger partial charge in [-0.2, -0.15) is 0 Å². The smallest absolute Gasteiger partial charge is 0.338 e. The molecule has 4 rings (SSSR count). The van der Waals surface area contributed by atoms with Crippen LogP contribution in [0.15, 0.2) is 72.8 Å². The molecule has 0 saturated carbocycles. The predicted molar refractivity (Wildman–Crippen MR) is 132 cm³/mol. The van der Waals surface area contributed by atoms with E-state index >= 15 is 0 Å². The van der Waals surface area contributed by atoms with Crippen LogP contribution in [0.1, 0.15) is 17.3 Å². The molecule has 1 amide bonds. The normalized spacial score (nSPS) is 13.1. The number of rotatable bonds is 7. The Bertz CT molecular complexity index is 1190. The lowest BCUT2D eigenvalue weighted by Gasteiger charge is -2.28. The molecule has 1 saturated heterocycles. The Hall–Kier alpha value is -4.17. The number of amides is 1. The summed E-state index contributed by atoms with van der Waals surface area (Å²) in [5, 5.41) is 2.74. The molecular weight excluding hydrogens is 448 g/mol. The second-order valence-electron chi connectivity index (χ2n) is 7.97. The van der Waals surface area contributed by atoms with E-state index in [2.05, 4.69) is 10.2 Å². The molecule has 0 unspecified atom stereocenters. The summed E-state index contributed by atoms with van der Waals surface area (Å²) >= 11 is 0. The van der Waals surface area contributed by atoms with Gasteiger partial charge in [0.25, 0.3) is 5.91 Å². The average molecular weight is 475 g/mol. The standard InChI is InChI=1S/C27H26N2O6/c1-19(30)35-25-11-5-20(6-12-25)21-3-2-4-22(17-21)27(32)34-18-26(31)28-23-7-9-24(10-8-23)29-13-15-33-16-14-29/h2-12,17H,13-16,18H2,1H3,(H,28,31). The van der Waals surface area contributed by atoms with Crippen LogP contribution in [-0.4, -0.2) is 50.8 Å². The highest BCUT2D eigenvalue weighted by molar-refractivity contribution is 5.96. The molecule has 0 aliphatic carbocycles. The lowest BCUT2D eigenvalue weighted by molar-refractivity contribution is -0.131. The minimum absolute atomic E-state index is 0.328. The third-order valence-corrected chi connectivity index (χ3v) is 5.41. The molecule has 1 fully saturated rings. The van der Waals surface area contributed by atoms with Gasteiger partial charge in [0.1, 0.15) is 5.75 Å². The van der Waals surface area contributed by atoms with E-state index in [1.165, 1.54) is 6.92 Å². The number of benzene rings is 3. The summed E-state index contributed by atoms with van der Waals surface area (Å²) in [6.07, 6.45) is 0. The fraction of sp³-hybridized carbons (Fsp3) is 0.222. The van der Waals surface area contributed by atoms with E-state index in [-0.39, 0.29) is 0 Å². The minimum Gasteiger partial charge on any atom is -0.452 e. The van der Waals surface area contributed by atoms with E-state index in [0.29, 0.717) is 30.2 Å². The van der Waals surface area contributed by atoms with Crippen LogP contribution in [-0.2, 0) is 19.1 Å². The zero-order valence-corrected chi connectivity index (χ0v) is 19.4. The highest BCUT2D eigenvalue weighted by Crippen LogP contribution is 2.24. The molecule has 1 N–H and O–H groups in total. The second kappa shape index (κ2) is 11.3. The van der Waals surface area contributed by atoms with Crippen molar-refractivity contribution in [1.29, 1.82) is 0 Å². The summed E-state index contributed by atoms with van der Waals surface area (Å²) in [4.78, 5) is 38.1. The molecule has 1 aliphatic rings. The van der Waals surface area contributed by atoms with Gasteiger partial charge in [0.15, 0.2) is 6.61 Å². The van der Waals surface area contributed by atoms with Gasteiger partial charge in [-0.25, -0.2) is 4.79 Å². The van der Waals surface area contributed by atoms with Gasteiger partial charge in [-0.3, -0.25) is 9.59 Å². The summed E-state index contributed by atoms with van der Waals surface area (Å²) < 4.78 is 15.6. The maximum atomic E-state index is 12.5. The molecule has 0 atom stereocenters. The van der Waals surface area contributed by atoms with Crippen molar-refractivity contribution in [3.8, 4) is 16.9 Å². The molecule has 0 bridgehead atoms. The Balaban J connectivity index is 1.30. The van der Waals surface area contributed by atoms with E-state index in [0.717, 1.165) is 29.9 Å². The van der Waals surface area contributed by atoms with Crippen molar-refractivity contribution in [2.75, 3.05) is 43.1 Å². The van der Waals surface area contributed by atoms with Gasteiger partial charge in [-0.1, -0.05) is 24.3 Å². The van der Waals surface area contributed by atoms with Gasteiger partial charge in [-0.05, 0) is 59.7 Å². The highest BCUT2D eigenvalue weighted by atomic mass is 16.5. The van der Waals surface area contributed by atoms with Gasteiger partial charge >= 0.3 is 11.9 Å². The number of anilines is 2. The van der Waals surface area contributed by atoms with Gasteiger partial charge < -0.3 is 24.4 Å². The molecule has 0 radical (unpaired) electrons. The van der Waals surface area contributed by atoms with Crippen LogP contribution in [0.3, 0.4) is 0 Å². The van der Waals surface area contributed by atoms with Crippen molar-refractivity contribution in [3.05, 3.63) is 78.4 Å². The highest BCUT2D eigenvalue weighted by Gasteiger charge is 2.13. The van der Waals surface area contributed by atoms with E-state index in [4.69, 9.17) is 14.2 Å². The van der Waals surface area contributed by atoms with Crippen LogP contribution in [0.4, 0.5) is 11.4 Å².